The van der Waals surface area contributed by atoms with E-state index < -0.39 is 0 Å². The Hall–Kier alpha value is -1.48. The fourth-order valence-corrected chi connectivity index (χ4v) is 2.13. The van der Waals surface area contributed by atoms with Crippen molar-refractivity contribution in [3.05, 3.63) is 41.5 Å². The van der Waals surface area contributed by atoms with E-state index in [1.165, 1.54) is 56.9 Å². The maximum absolute atomic E-state index is 5.33. The smallest absolute Gasteiger partial charge is 0.0243 e. The van der Waals surface area contributed by atoms with Gasteiger partial charge in [-0.05, 0) is 30.5 Å². The molecule has 1 aromatic rings. The van der Waals surface area contributed by atoms with Crippen LogP contribution in [0.25, 0.3) is 6.08 Å². The molecule has 0 aromatic heterocycles. The predicted molar refractivity (Wildman–Crippen MR) is 86.0 cm³/mol. The third-order valence-electron chi connectivity index (χ3n) is 3.36. The molecular weight excluding hydrogens is 228 g/mol. The van der Waals surface area contributed by atoms with Crippen molar-refractivity contribution in [1.82, 2.24) is 0 Å². The molecule has 0 radical (unpaired) electrons. The first-order valence-electron chi connectivity index (χ1n) is 7.60. The van der Waals surface area contributed by atoms with E-state index in [2.05, 4.69) is 37.1 Å². The number of unbranched alkanes of at least 4 members (excludes halogenated alkanes) is 7. The highest BCUT2D eigenvalue weighted by Gasteiger charge is 1.90. The van der Waals surface area contributed by atoms with E-state index in [4.69, 9.17) is 6.42 Å². The zero-order chi connectivity index (χ0) is 13.8. The minimum Gasteiger partial charge on any atom is -0.115 e. The van der Waals surface area contributed by atoms with E-state index in [1.54, 1.807) is 0 Å². The van der Waals surface area contributed by atoms with Crippen molar-refractivity contribution in [1.29, 1.82) is 0 Å². The summed E-state index contributed by atoms with van der Waals surface area (Å²) in [5, 5.41) is 0. The predicted octanol–water partition coefficient (Wildman–Crippen LogP) is 5.82. The first kappa shape index (κ1) is 15.6. The molecule has 19 heavy (non-hydrogen) atoms. The third kappa shape index (κ3) is 7.52. The van der Waals surface area contributed by atoms with Gasteiger partial charge in [0.1, 0.15) is 0 Å². The highest BCUT2D eigenvalue weighted by atomic mass is 14.0. The normalized spacial score (nSPS) is 10.7. The lowest BCUT2D eigenvalue weighted by atomic mass is 10.1. The van der Waals surface area contributed by atoms with Crippen LogP contribution < -0.4 is 0 Å². The number of terminal acetylenes is 1. The van der Waals surface area contributed by atoms with E-state index in [0.29, 0.717) is 0 Å². The molecule has 102 valence electrons. The van der Waals surface area contributed by atoms with Crippen molar-refractivity contribution in [3.8, 4) is 12.3 Å². The van der Waals surface area contributed by atoms with Crippen molar-refractivity contribution in [2.24, 2.45) is 0 Å². The highest BCUT2D eigenvalue weighted by Crippen LogP contribution is 2.10. The van der Waals surface area contributed by atoms with Gasteiger partial charge >= 0.3 is 0 Å². The summed E-state index contributed by atoms with van der Waals surface area (Å²) in [5.41, 5.74) is 2.19. The van der Waals surface area contributed by atoms with Gasteiger partial charge in [-0.15, -0.1) is 6.42 Å². The van der Waals surface area contributed by atoms with Crippen LogP contribution >= 0.6 is 0 Å². The molecule has 0 saturated heterocycles. The SMILES string of the molecule is C#Cc1ccc(/C=C/CCCCCCCCC)cc1. The summed E-state index contributed by atoms with van der Waals surface area (Å²) >= 11 is 0. The summed E-state index contributed by atoms with van der Waals surface area (Å²) in [6, 6.07) is 8.15. The number of benzene rings is 1. The third-order valence-corrected chi connectivity index (χ3v) is 3.36. The Balaban J connectivity index is 2.08. The Labute approximate surface area is 118 Å². The molecule has 0 aliphatic carbocycles. The topological polar surface area (TPSA) is 0 Å². The Morgan fingerprint density at radius 3 is 2.21 bits per heavy atom. The molecule has 0 N–H and O–H groups in total. The summed E-state index contributed by atoms with van der Waals surface area (Å²) in [6.07, 6.45) is 20.6. The number of hydrogen-bond acceptors (Lipinski definition) is 0. The Morgan fingerprint density at radius 2 is 1.58 bits per heavy atom. The van der Waals surface area contributed by atoms with Crippen molar-refractivity contribution in [2.45, 2.75) is 58.3 Å². The lowest BCUT2D eigenvalue weighted by Gasteiger charge is -1.99. The lowest BCUT2D eigenvalue weighted by molar-refractivity contribution is 0.592. The van der Waals surface area contributed by atoms with E-state index in [0.717, 1.165) is 5.56 Å². The van der Waals surface area contributed by atoms with Crippen molar-refractivity contribution in [3.63, 3.8) is 0 Å². The molecule has 0 atom stereocenters. The van der Waals surface area contributed by atoms with Crippen LogP contribution in [0.4, 0.5) is 0 Å². The van der Waals surface area contributed by atoms with Gasteiger partial charge in [0, 0.05) is 5.56 Å². The average Bonchev–Trinajstić information content (AvgIpc) is 2.46. The van der Waals surface area contributed by atoms with Gasteiger partial charge in [0.15, 0.2) is 0 Å². The summed E-state index contributed by atoms with van der Waals surface area (Å²) < 4.78 is 0. The van der Waals surface area contributed by atoms with E-state index in [-0.39, 0.29) is 0 Å². The minimum atomic E-state index is 0.948. The van der Waals surface area contributed by atoms with Crippen molar-refractivity contribution < 1.29 is 0 Å². The molecule has 0 nitrogen and oxygen atoms in total. The maximum atomic E-state index is 5.33. The van der Waals surface area contributed by atoms with Crippen LogP contribution in [0.3, 0.4) is 0 Å². The van der Waals surface area contributed by atoms with Gasteiger partial charge in [0.05, 0.1) is 0 Å². The second-order valence-electron chi connectivity index (χ2n) is 5.08. The molecule has 1 aromatic carbocycles. The quantitative estimate of drug-likeness (QED) is 0.384. The zero-order valence-electron chi connectivity index (χ0n) is 12.2. The van der Waals surface area contributed by atoms with Gasteiger partial charge in [-0.3, -0.25) is 0 Å². The molecule has 0 fully saturated rings. The van der Waals surface area contributed by atoms with Crippen LogP contribution in [0.2, 0.25) is 0 Å². The Bertz CT molecular complexity index is 389. The van der Waals surface area contributed by atoms with Gasteiger partial charge in [-0.25, -0.2) is 0 Å². The molecule has 1 rings (SSSR count). The van der Waals surface area contributed by atoms with Crippen LogP contribution in [-0.4, -0.2) is 0 Å². The first-order chi connectivity index (χ1) is 9.36. The largest absolute Gasteiger partial charge is 0.115 e. The number of rotatable bonds is 9. The molecule has 0 bridgehead atoms. The lowest BCUT2D eigenvalue weighted by Crippen LogP contribution is -1.79. The van der Waals surface area contributed by atoms with Crippen molar-refractivity contribution in [2.75, 3.05) is 0 Å². The second kappa shape index (κ2) is 10.4. The van der Waals surface area contributed by atoms with E-state index in [1.807, 2.05) is 12.1 Å². The minimum absolute atomic E-state index is 0.948. The van der Waals surface area contributed by atoms with Crippen molar-refractivity contribution >= 4 is 6.08 Å². The van der Waals surface area contributed by atoms with Crippen LogP contribution in [0.5, 0.6) is 0 Å². The molecule has 0 heterocycles. The fraction of sp³-hybridized carbons (Fsp3) is 0.474. The summed E-state index contributed by atoms with van der Waals surface area (Å²) in [5.74, 6) is 2.63. The second-order valence-corrected chi connectivity index (χ2v) is 5.08. The molecule has 0 aliphatic heterocycles. The molecule has 0 heteroatoms. The van der Waals surface area contributed by atoms with Gasteiger partial charge in [0.25, 0.3) is 0 Å². The van der Waals surface area contributed by atoms with Gasteiger partial charge in [-0.1, -0.05) is 75.7 Å². The Kier molecular flexibility index (Phi) is 8.56. The fourth-order valence-electron chi connectivity index (χ4n) is 2.13. The monoisotopic (exact) mass is 254 g/mol. The molecule has 0 aliphatic rings. The number of hydrogen-bond donors (Lipinski definition) is 0. The van der Waals surface area contributed by atoms with Crippen LogP contribution in [0.1, 0.15) is 69.4 Å². The van der Waals surface area contributed by atoms with Gasteiger partial charge in [0.2, 0.25) is 0 Å². The van der Waals surface area contributed by atoms with Crippen LogP contribution in [0, 0.1) is 12.3 Å². The standard InChI is InChI=1S/C19H26/c1-3-5-6-7-8-9-10-11-12-13-19-16-14-18(4-2)15-17-19/h2,12-17H,3,5-11H2,1H3/b13-12+. The van der Waals surface area contributed by atoms with E-state index in [9.17, 15) is 0 Å². The van der Waals surface area contributed by atoms with E-state index >= 15 is 0 Å². The molecule has 0 unspecified atom stereocenters. The van der Waals surface area contributed by atoms with Crippen LogP contribution in [0.15, 0.2) is 30.3 Å². The summed E-state index contributed by atoms with van der Waals surface area (Å²) in [6.45, 7) is 2.26. The molecule has 0 amide bonds. The average molecular weight is 254 g/mol. The number of allylic oxidation sites excluding steroid dienone is 1. The first-order valence-corrected chi connectivity index (χ1v) is 7.60. The maximum Gasteiger partial charge on any atom is 0.0243 e. The molecular formula is C19H26. The summed E-state index contributed by atoms with van der Waals surface area (Å²) in [4.78, 5) is 0. The van der Waals surface area contributed by atoms with Gasteiger partial charge < -0.3 is 0 Å². The summed E-state index contributed by atoms with van der Waals surface area (Å²) in [7, 11) is 0. The Morgan fingerprint density at radius 1 is 0.947 bits per heavy atom. The van der Waals surface area contributed by atoms with Crippen LogP contribution in [-0.2, 0) is 0 Å². The molecule has 0 spiro atoms. The van der Waals surface area contributed by atoms with Gasteiger partial charge in [-0.2, -0.15) is 0 Å². The zero-order valence-corrected chi connectivity index (χ0v) is 12.2. The highest BCUT2D eigenvalue weighted by molar-refractivity contribution is 5.51. The molecule has 0 saturated carbocycles.